The van der Waals surface area contributed by atoms with Gasteiger partial charge in [-0.1, -0.05) is 20.3 Å². The molecule has 122 valence electrons. The summed E-state index contributed by atoms with van der Waals surface area (Å²) in [5.41, 5.74) is 5.38. The number of hydrogen-bond donors (Lipinski definition) is 5. The smallest absolute Gasteiger partial charge is 0.326 e. The van der Waals surface area contributed by atoms with Gasteiger partial charge in [-0.2, -0.15) is 0 Å². The van der Waals surface area contributed by atoms with E-state index in [9.17, 15) is 19.5 Å². The van der Waals surface area contributed by atoms with Gasteiger partial charge < -0.3 is 26.6 Å². The molecule has 6 N–H and O–H groups in total. The Morgan fingerprint density at radius 1 is 1.05 bits per heavy atom. The largest absolute Gasteiger partial charge is 0.480 e. The number of hydrogen-bond acceptors (Lipinski definition) is 5. The maximum Gasteiger partial charge on any atom is 0.326 e. The van der Waals surface area contributed by atoms with E-state index in [1.54, 1.807) is 13.8 Å². The number of carbonyl (C=O) groups is 3. The molecule has 0 bridgehead atoms. The van der Waals surface area contributed by atoms with Gasteiger partial charge in [0.1, 0.15) is 12.1 Å². The molecule has 0 fully saturated rings. The number of amides is 2. The second-order valence-corrected chi connectivity index (χ2v) is 5.23. The minimum absolute atomic E-state index is 0.287. The number of nitrogens with two attached hydrogens (primary N) is 1. The van der Waals surface area contributed by atoms with Gasteiger partial charge >= 0.3 is 5.97 Å². The minimum Gasteiger partial charge on any atom is -0.480 e. The van der Waals surface area contributed by atoms with Gasteiger partial charge in [-0.25, -0.2) is 4.79 Å². The van der Waals surface area contributed by atoms with Gasteiger partial charge in [-0.05, 0) is 19.8 Å². The molecule has 0 aromatic rings. The molecule has 21 heavy (non-hydrogen) atoms. The number of aliphatic carboxylic acids is 1. The first-order valence-electron chi connectivity index (χ1n) is 6.88. The van der Waals surface area contributed by atoms with Gasteiger partial charge in [-0.3, -0.25) is 9.59 Å². The number of carboxylic acids is 1. The van der Waals surface area contributed by atoms with E-state index in [4.69, 9.17) is 10.8 Å². The lowest BCUT2D eigenvalue weighted by molar-refractivity contribution is -0.144. The third kappa shape index (κ3) is 6.09. The Labute approximate surface area is 124 Å². The summed E-state index contributed by atoms with van der Waals surface area (Å²) in [6.45, 7) is 6.25. The van der Waals surface area contributed by atoms with E-state index in [1.807, 2.05) is 0 Å². The first-order valence-corrected chi connectivity index (χ1v) is 6.88. The molecule has 0 aromatic carbocycles. The standard InChI is InChI=1S/C13H25N3O5/c1-5-6(2)9(13(20)21)15-12(19)10(8(4)17)16-11(18)7(3)14/h6-10,17H,5,14H2,1-4H3,(H,15,19)(H,16,18)(H,20,21)/t6-,7-,8+,9-,10-/m0/s1. The number of rotatable bonds is 8. The van der Waals surface area contributed by atoms with E-state index in [2.05, 4.69) is 10.6 Å². The Kier molecular flexibility index (Phi) is 7.90. The lowest BCUT2D eigenvalue weighted by atomic mass is 9.98. The van der Waals surface area contributed by atoms with Crippen molar-refractivity contribution in [2.24, 2.45) is 11.7 Å². The van der Waals surface area contributed by atoms with Crippen LogP contribution in [-0.4, -0.2) is 52.2 Å². The van der Waals surface area contributed by atoms with Crippen molar-refractivity contribution in [3.05, 3.63) is 0 Å². The van der Waals surface area contributed by atoms with Gasteiger partial charge in [0.2, 0.25) is 11.8 Å². The fourth-order valence-corrected chi connectivity index (χ4v) is 1.62. The molecular formula is C13H25N3O5. The van der Waals surface area contributed by atoms with Crippen LogP contribution in [0.2, 0.25) is 0 Å². The molecule has 0 aliphatic carbocycles. The highest BCUT2D eigenvalue weighted by Crippen LogP contribution is 2.08. The maximum absolute atomic E-state index is 12.1. The van der Waals surface area contributed by atoms with Crippen LogP contribution in [0.1, 0.15) is 34.1 Å². The van der Waals surface area contributed by atoms with Crippen LogP contribution in [0.25, 0.3) is 0 Å². The van der Waals surface area contributed by atoms with Crippen LogP contribution in [0.5, 0.6) is 0 Å². The molecular weight excluding hydrogens is 278 g/mol. The fraction of sp³-hybridized carbons (Fsp3) is 0.769. The molecule has 2 amide bonds. The number of aliphatic hydroxyl groups is 1. The summed E-state index contributed by atoms with van der Waals surface area (Å²) in [4.78, 5) is 34.8. The fourth-order valence-electron chi connectivity index (χ4n) is 1.62. The number of aliphatic hydroxyl groups excluding tert-OH is 1. The predicted octanol–water partition coefficient (Wildman–Crippen LogP) is -1.19. The third-order valence-corrected chi connectivity index (χ3v) is 3.25. The molecule has 5 atom stereocenters. The molecule has 0 spiro atoms. The maximum atomic E-state index is 12.1. The summed E-state index contributed by atoms with van der Waals surface area (Å²) < 4.78 is 0. The summed E-state index contributed by atoms with van der Waals surface area (Å²) in [7, 11) is 0. The molecule has 0 saturated heterocycles. The quantitative estimate of drug-likeness (QED) is 0.382. The molecule has 0 aliphatic rings. The molecule has 8 heteroatoms. The summed E-state index contributed by atoms with van der Waals surface area (Å²) in [5.74, 6) is -2.82. The Morgan fingerprint density at radius 3 is 1.86 bits per heavy atom. The van der Waals surface area contributed by atoms with Gasteiger partial charge in [0.05, 0.1) is 12.1 Å². The predicted molar refractivity (Wildman–Crippen MR) is 76.3 cm³/mol. The van der Waals surface area contributed by atoms with Crippen LogP contribution in [0.4, 0.5) is 0 Å². The van der Waals surface area contributed by atoms with Gasteiger partial charge in [0, 0.05) is 0 Å². The van der Waals surface area contributed by atoms with Crippen molar-refractivity contribution < 1.29 is 24.6 Å². The lowest BCUT2D eigenvalue weighted by Gasteiger charge is -2.26. The summed E-state index contributed by atoms with van der Waals surface area (Å²) >= 11 is 0. The van der Waals surface area contributed by atoms with E-state index < -0.39 is 42.0 Å². The van der Waals surface area contributed by atoms with Crippen LogP contribution >= 0.6 is 0 Å². The molecule has 0 rings (SSSR count). The van der Waals surface area contributed by atoms with Crippen molar-refractivity contribution in [1.82, 2.24) is 10.6 Å². The van der Waals surface area contributed by atoms with Crippen molar-refractivity contribution in [2.45, 2.75) is 58.3 Å². The summed E-state index contributed by atoms with van der Waals surface area (Å²) in [5, 5.41) is 23.4. The van der Waals surface area contributed by atoms with Crippen molar-refractivity contribution >= 4 is 17.8 Å². The van der Waals surface area contributed by atoms with Gasteiger partial charge in [0.25, 0.3) is 0 Å². The molecule has 0 aromatic heterocycles. The third-order valence-electron chi connectivity index (χ3n) is 3.25. The lowest BCUT2D eigenvalue weighted by Crippen LogP contribution is -2.58. The molecule has 0 saturated carbocycles. The second-order valence-electron chi connectivity index (χ2n) is 5.23. The Morgan fingerprint density at radius 2 is 1.52 bits per heavy atom. The Hall–Kier alpha value is -1.67. The minimum atomic E-state index is -1.26. The highest BCUT2D eigenvalue weighted by molar-refractivity contribution is 5.92. The number of carbonyl (C=O) groups excluding carboxylic acids is 2. The van der Waals surface area contributed by atoms with E-state index in [0.29, 0.717) is 6.42 Å². The highest BCUT2D eigenvalue weighted by Gasteiger charge is 2.32. The van der Waals surface area contributed by atoms with E-state index in [-0.39, 0.29) is 5.92 Å². The first-order chi connectivity index (χ1) is 9.61. The van der Waals surface area contributed by atoms with E-state index >= 15 is 0 Å². The van der Waals surface area contributed by atoms with Gasteiger partial charge in [0.15, 0.2) is 0 Å². The SMILES string of the molecule is CC[C@H](C)[C@H](NC(=O)[C@@H](NC(=O)[C@H](C)N)[C@@H](C)O)C(=O)O. The molecule has 0 aliphatic heterocycles. The van der Waals surface area contributed by atoms with E-state index in [1.165, 1.54) is 13.8 Å². The molecule has 8 nitrogen and oxygen atoms in total. The first kappa shape index (κ1) is 19.3. The van der Waals surface area contributed by atoms with Crippen molar-refractivity contribution in [1.29, 1.82) is 0 Å². The Balaban J connectivity index is 4.97. The molecule has 0 radical (unpaired) electrons. The second kappa shape index (κ2) is 8.58. The number of nitrogens with one attached hydrogen (secondary N) is 2. The highest BCUT2D eigenvalue weighted by atomic mass is 16.4. The van der Waals surface area contributed by atoms with Gasteiger partial charge in [-0.15, -0.1) is 0 Å². The average molecular weight is 303 g/mol. The van der Waals surface area contributed by atoms with Crippen molar-refractivity contribution in [3.63, 3.8) is 0 Å². The zero-order chi connectivity index (χ0) is 16.7. The van der Waals surface area contributed by atoms with Crippen LogP contribution in [0.3, 0.4) is 0 Å². The van der Waals surface area contributed by atoms with Crippen LogP contribution in [0.15, 0.2) is 0 Å². The van der Waals surface area contributed by atoms with Crippen LogP contribution in [0, 0.1) is 5.92 Å². The zero-order valence-corrected chi connectivity index (χ0v) is 12.8. The van der Waals surface area contributed by atoms with Crippen molar-refractivity contribution in [3.8, 4) is 0 Å². The normalized spacial score (nSPS) is 18.0. The topological polar surface area (TPSA) is 142 Å². The summed E-state index contributed by atoms with van der Waals surface area (Å²) in [6.07, 6.45) is -0.623. The molecule has 0 unspecified atom stereocenters. The van der Waals surface area contributed by atoms with E-state index in [0.717, 1.165) is 0 Å². The van der Waals surface area contributed by atoms with Crippen LogP contribution < -0.4 is 16.4 Å². The average Bonchev–Trinajstić information content (AvgIpc) is 2.39. The Bertz CT molecular complexity index is 384. The zero-order valence-electron chi connectivity index (χ0n) is 12.8. The monoisotopic (exact) mass is 303 g/mol. The van der Waals surface area contributed by atoms with Crippen LogP contribution in [-0.2, 0) is 14.4 Å². The summed E-state index contributed by atoms with van der Waals surface area (Å²) in [6, 6.07) is -3.19. The van der Waals surface area contributed by atoms with Crippen molar-refractivity contribution in [2.75, 3.05) is 0 Å². The molecule has 0 heterocycles. The number of carboxylic acid groups (broad SMARTS) is 1.